The van der Waals surface area contributed by atoms with Crippen LogP contribution in [0.4, 0.5) is 16.2 Å². The van der Waals surface area contributed by atoms with Crippen LogP contribution in [0.25, 0.3) is 11.3 Å². The van der Waals surface area contributed by atoms with Crippen molar-refractivity contribution in [2.45, 2.75) is 38.6 Å². The van der Waals surface area contributed by atoms with Crippen molar-refractivity contribution in [3.8, 4) is 11.3 Å². The Bertz CT molecular complexity index is 1220. The number of anilines is 2. The molecule has 0 saturated carbocycles. The van der Waals surface area contributed by atoms with E-state index in [1.54, 1.807) is 41.3 Å². The maximum Gasteiger partial charge on any atom is 0.354 e. The molecule has 3 amide bonds. The third kappa shape index (κ3) is 5.66. The molecule has 0 unspecified atom stereocenters. The van der Waals surface area contributed by atoms with Gasteiger partial charge in [0.2, 0.25) is 5.91 Å². The topological polar surface area (TPSA) is 112 Å². The van der Waals surface area contributed by atoms with Crippen LogP contribution in [0.1, 0.15) is 48.7 Å². The van der Waals surface area contributed by atoms with Gasteiger partial charge in [-0.15, -0.1) is 0 Å². The van der Waals surface area contributed by atoms with Crippen molar-refractivity contribution in [2.24, 2.45) is 0 Å². The Hall–Kier alpha value is -4.20. The van der Waals surface area contributed by atoms with Crippen LogP contribution >= 0.6 is 0 Å². The molecule has 4 rings (SSSR count). The summed E-state index contributed by atoms with van der Waals surface area (Å²) in [6, 6.07) is 18.7. The number of aromatic nitrogens is 1. The fraction of sp³-hybridized carbons (Fsp3) is 0.259. The van der Waals surface area contributed by atoms with Gasteiger partial charge < -0.3 is 20.6 Å². The zero-order valence-corrected chi connectivity index (χ0v) is 19.7. The number of pyridine rings is 1. The summed E-state index contributed by atoms with van der Waals surface area (Å²) in [7, 11) is 0. The van der Waals surface area contributed by atoms with Crippen LogP contribution in [0.2, 0.25) is 0 Å². The third-order valence-electron chi connectivity index (χ3n) is 6.06. The molecule has 2 aromatic carbocycles. The molecule has 180 valence electrons. The van der Waals surface area contributed by atoms with Gasteiger partial charge in [-0.2, -0.15) is 0 Å². The number of carboxylic acid groups (broad SMARTS) is 1. The molecule has 2 heterocycles. The number of nitrogens with one attached hydrogen (secondary N) is 2. The van der Waals surface area contributed by atoms with Crippen LogP contribution in [0.15, 0.2) is 66.7 Å². The molecule has 1 aliphatic heterocycles. The van der Waals surface area contributed by atoms with Crippen molar-refractivity contribution in [2.75, 3.05) is 17.2 Å². The van der Waals surface area contributed by atoms with E-state index in [0.717, 1.165) is 12.0 Å². The number of urea groups is 1. The van der Waals surface area contributed by atoms with Gasteiger partial charge in [0, 0.05) is 23.5 Å². The van der Waals surface area contributed by atoms with Crippen LogP contribution in [0, 0.1) is 0 Å². The first-order valence-corrected chi connectivity index (χ1v) is 11.6. The molecule has 0 bridgehead atoms. The number of rotatable bonds is 6. The number of aromatic carboxylic acids is 1. The molecule has 1 saturated heterocycles. The Balaban J connectivity index is 1.39. The summed E-state index contributed by atoms with van der Waals surface area (Å²) >= 11 is 0. The highest BCUT2D eigenvalue weighted by molar-refractivity contribution is 5.99. The molecule has 3 aromatic rings. The molecule has 0 aliphatic carbocycles. The van der Waals surface area contributed by atoms with E-state index < -0.39 is 12.0 Å². The lowest BCUT2D eigenvalue weighted by molar-refractivity contribution is -0.119. The highest BCUT2D eigenvalue weighted by atomic mass is 16.4. The van der Waals surface area contributed by atoms with E-state index >= 15 is 0 Å². The van der Waals surface area contributed by atoms with Gasteiger partial charge in [-0.05, 0) is 60.7 Å². The number of nitrogens with zero attached hydrogens (tertiary/aromatic N) is 2. The summed E-state index contributed by atoms with van der Waals surface area (Å²) in [5, 5.41) is 14.9. The minimum atomic E-state index is -1.09. The molecular weight excluding hydrogens is 444 g/mol. The van der Waals surface area contributed by atoms with Gasteiger partial charge in [0.05, 0.1) is 5.69 Å². The number of likely N-dealkylation sites (tertiary alicyclic amines) is 1. The second-order valence-corrected chi connectivity index (χ2v) is 8.84. The number of benzene rings is 2. The summed E-state index contributed by atoms with van der Waals surface area (Å²) in [4.78, 5) is 42.7. The Morgan fingerprint density at radius 1 is 0.943 bits per heavy atom. The van der Waals surface area contributed by atoms with Crippen molar-refractivity contribution >= 4 is 29.3 Å². The second-order valence-electron chi connectivity index (χ2n) is 8.84. The summed E-state index contributed by atoms with van der Waals surface area (Å²) in [5.41, 5.74) is 3.71. The SMILES string of the molecule is CC(C)c1ccc(NC(=O)N2CCC[C@@H]2C(=O)Nc2ccc(-c3cccc(C(=O)O)n3)cc2)cc1. The van der Waals surface area contributed by atoms with Crippen LogP contribution in [0.3, 0.4) is 0 Å². The van der Waals surface area contributed by atoms with Crippen LogP contribution in [-0.2, 0) is 4.79 Å². The van der Waals surface area contributed by atoms with Crippen LogP contribution < -0.4 is 10.6 Å². The van der Waals surface area contributed by atoms with E-state index in [1.165, 1.54) is 11.6 Å². The fourth-order valence-corrected chi connectivity index (χ4v) is 4.09. The molecule has 1 atom stereocenters. The lowest BCUT2D eigenvalue weighted by Gasteiger charge is -2.24. The summed E-state index contributed by atoms with van der Waals surface area (Å²) in [6.45, 7) is 4.74. The molecule has 1 aromatic heterocycles. The van der Waals surface area contributed by atoms with Gasteiger partial charge in [-0.25, -0.2) is 14.6 Å². The van der Waals surface area contributed by atoms with Gasteiger partial charge in [0.15, 0.2) is 0 Å². The van der Waals surface area contributed by atoms with Gasteiger partial charge in [0.1, 0.15) is 11.7 Å². The average Bonchev–Trinajstić information content (AvgIpc) is 3.35. The first-order chi connectivity index (χ1) is 16.8. The maximum absolute atomic E-state index is 13.0. The molecule has 8 heteroatoms. The first kappa shape index (κ1) is 23.9. The summed E-state index contributed by atoms with van der Waals surface area (Å²) < 4.78 is 0. The minimum absolute atomic E-state index is 0.0321. The highest BCUT2D eigenvalue weighted by Gasteiger charge is 2.34. The Morgan fingerprint density at radius 2 is 1.60 bits per heavy atom. The van der Waals surface area contributed by atoms with Crippen molar-refractivity contribution < 1.29 is 19.5 Å². The first-order valence-electron chi connectivity index (χ1n) is 11.6. The zero-order valence-electron chi connectivity index (χ0n) is 19.7. The van der Waals surface area contributed by atoms with Gasteiger partial charge >= 0.3 is 12.0 Å². The number of carboxylic acids is 1. The van der Waals surface area contributed by atoms with Gasteiger partial charge in [-0.3, -0.25) is 4.79 Å². The predicted octanol–water partition coefficient (Wildman–Crippen LogP) is 5.21. The smallest absolute Gasteiger partial charge is 0.354 e. The van der Waals surface area contributed by atoms with E-state index in [1.807, 2.05) is 24.3 Å². The molecule has 8 nitrogen and oxygen atoms in total. The van der Waals surface area contributed by atoms with Crippen molar-refractivity contribution in [3.05, 3.63) is 78.0 Å². The Labute approximate surface area is 204 Å². The van der Waals surface area contributed by atoms with E-state index in [4.69, 9.17) is 5.11 Å². The van der Waals surface area contributed by atoms with Crippen molar-refractivity contribution in [3.63, 3.8) is 0 Å². The largest absolute Gasteiger partial charge is 0.477 e. The molecule has 1 fully saturated rings. The van der Waals surface area contributed by atoms with E-state index in [0.29, 0.717) is 36.0 Å². The summed E-state index contributed by atoms with van der Waals surface area (Å²) in [6.07, 6.45) is 1.35. The zero-order chi connectivity index (χ0) is 24.9. The number of hydrogen-bond acceptors (Lipinski definition) is 4. The normalized spacial score (nSPS) is 15.2. The third-order valence-corrected chi connectivity index (χ3v) is 6.06. The second kappa shape index (κ2) is 10.4. The van der Waals surface area contributed by atoms with Gasteiger partial charge in [-0.1, -0.05) is 44.2 Å². The quantitative estimate of drug-likeness (QED) is 0.456. The monoisotopic (exact) mass is 472 g/mol. The molecule has 3 N–H and O–H groups in total. The van der Waals surface area contributed by atoms with E-state index in [2.05, 4.69) is 29.5 Å². The number of hydrogen-bond donors (Lipinski definition) is 3. The lowest BCUT2D eigenvalue weighted by Crippen LogP contribution is -2.45. The summed E-state index contributed by atoms with van der Waals surface area (Å²) in [5.74, 6) is -0.924. The molecular formula is C27H28N4O4. The fourth-order valence-electron chi connectivity index (χ4n) is 4.09. The average molecular weight is 473 g/mol. The predicted molar refractivity (Wildman–Crippen MR) is 135 cm³/mol. The van der Waals surface area contributed by atoms with Crippen molar-refractivity contribution in [1.82, 2.24) is 9.88 Å². The van der Waals surface area contributed by atoms with Crippen molar-refractivity contribution in [1.29, 1.82) is 0 Å². The Morgan fingerprint density at radius 3 is 2.26 bits per heavy atom. The molecule has 1 aliphatic rings. The number of carbonyl (C=O) groups is 3. The highest BCUT2D eigenvalue weighted by Crippen LogP contribution is 2.24. The van der Waals surface area contributed by atoms with E-state index in [9.17, 15) is 14.4 Å². The van der Waals surface area contributed by atoms with E-state index in [-0.39, 0.29) is 17.6 Å². The number of amides is 3. The lowest BCUT2D eigenvalue weighted by atomic mass is 10.0. The Kier molecular flexibility index (Phi) is 7.10. The molecule has 0 spiro atoms. The standard InChI is InChI=1S/C27H28N4O4/c1-17(2)18-8-12-21(13-9-18)29-27(35)31-16-4-7-24(31)25(32)28-20-14-10-19(11-15-20)22-5-3-6-23(30-22)26(33)34/h3,5-6,8-15,17,24H,4,7,16H2,1-2H3,(H,28,32)(H,29,35)(H,33,34)/t24-/m1/s1. The number of carbonyl (C=O) groups excluding carboxylic acids is 2. The minimum Gasteiger partial charge on any atom is -0.477 e. The maximum atomic E-state index is 13.0. The van der Waals surface area contributed by atoms with Crippen LogP contribution in [-0.4, -0.2) is 45.5 Å². The van der Waals surface area contributed by atoms with Gasteiger partial charge in [0.25, 0.3) is 0 Å². The molecule has 35 heavy (non-hydrogen) atoms. The van der Waals surface area contributed by atoms with Crippen LogP contribution in [0.5, 0.6) is 0 Å². The molecule has 0 radical (unpaired) electrons.